The van der Waals surface area contributed by atoms with E-state index in [0.717, 1.165) is 29.4 Å². The number of carbonyl (C=O) groups is 2. The van der Waals surface area contributed by atoms with Crippen molar-refractivity contribution in [2.45, 2.75) is 51.6 Å². The molecule has 3 rings (SSSR count). The average Bonchev–Trinajstić information content (AvgIpc) is 3.09. The number of rotatable bonds is 6. The summed E-state index contributed by atoms with van der Waals surface area (Å²) in [7, 11) is 0. The molecule has 6 nitrogen and oxygen atoms in total. The number of urea groups is 1. The van der Waals surface area contributed by atoms with Crippen LogP contribution in [0.3, 0.4) is 0 Å². The number of anilines is 2. The fourth-order valence-electron chi connectivity index (χ4n) is 3.01. The molecule has 0 saturated heterocycles. The van der Waals surface area contributed by atoms with Crippen molar-refractivity contribution < 1.29 is 9.59 Å². The van der Waals surface area contributed by atoms with E-state index >= 15 is 0 Å². The summed E-state index contributed by atoms with van der Waals surface area (Å²) >= 11 is 1.48. The van der Waals surface area contributed by atoms with Crippen LogP contribution in [-0.4, -0.2) is 22.8 Å². The van der Waals surface area contributed by atoms with Gasteiger partial charge in [0.15, 0.2) is 10.9 Å². The number of nitrogens with one attached hydrogen (secondary N) is 3. The van der Waals surface area contributed by atoms with Gasteiger partial charge in [0, 0.05) is 22.7 Å². The molecule has 1 aromatic carbocycles. The van der Waals surface area contributed by atoms with Crippen LogP contribution in [0.25, 0.3) is 0 Å². The van der Waals surface area contributed by atoms with Crippen LogP contribution in [0.4, 0.5) is 15.6 Å². The van der Waals surface area contributed by atoms with Crippen LogP contribution in [0, 0.1) is 0 Å². The molecular formula is C19H24N4O2S. The Balaban J connectivity index is 1.46. The quantitative estimate of drug-likeness (QED) is 0.663. The molecule has 1 aliphatic carbocycles. The Labute approximate surface area is 157 Å². The molecule has 26 heavy (non-hydrogen) atoms. The van der Waals surface area contributed by atoms with Crippen LogP contribution in [0.1, 0.15) is 55.1 Å². The summed E-state index contributed by atoms with van der Waals surface area (Å²) in [5, 5.41) is 11.8. The van der Waals surface area contributed by atoms with Crippen LogP contribution in [0.15, 0.2) is 29.6 Å². The zero-order valence-corrected chi connectivity index (χ0v) is 15.7. The third-order valence-electron chi connectivity index (χ3n) is 4.46. The van der Waals surface area contributed by atoms with E-state index in [1.54, 1.807) is 19.1 Å². The van der Waals surface area contributed by atoms with Gasteiger partial charge >= 0.3 is 6.03 Å². The van der Waals surface area contributed by atoms with Crippen molar-refractivity contribution in [3.8, 4) is 0 Å². The number of Topliss-reactive ketones (excluding diaryl/α,β-unsaturated/α-hetero) is 1. The predicted molar refractivity (Wildman–Crippen MR) is 104 cm³/mol. The van der Waals surface area contributed by atoms with Crippen molar-refractivity contribution in [3.63, 3.8) is 0 Å². The minimum Gasteiger partial charge on any atom is -0.335 e. The molecular weight excluding hydrogens is 348 g/mol. The van der Waals surface area contributed by atoms with Gasteiger partial charge in [0.1, 0.15) is 0 Å². The van der Waals surface area contributed by atoms with Gasteiger partial charge in [-0.2, -0.15) is 0 Å². The highest BCUT2D eigenvalue weighted by atomic mass is 32.1. The average molecular weight is 372 g/mol. The highest BCUT2D eigenvalue weighted by Gasteiger charge is 2.15. The SMILES string of the molecule is CC(=O)c1ccc(Nc2nc(CNC(=O)NC3CCCCC3)cs2)cc1. The number of thiazole rings is 1. The van der Waals surface area contributed by atoms with Gasteiger partial charge in [0.25, 0.3) is 0 Å². The highest BCUT2D eigenvalue weighted by Crippen LogP contribution is 2.21. The highest BCUT2D eigenvalue weighted by molar-refractivity contribution is 7.13. The van der Waals surface area contributed by atoms with E-state index in [9.17, 15) is 9.59 Å². The monoisotopic (exact) mass is 372 g/mol. The first-order valence-electron chi connectivity index (χ1n) is 8.97. The number of carbonyl (C=O) groups excluding carboxylic acids is 2. The topological polar surface area (TPSA) is 83.1 Å². The molecule has 1 fully saturated rings. The third-order valence-corrected chi connectivity index (χ3v) is 5.27. The zero-order valence-electron chi connectivity index (χ0n) is 14.9. The van der Waals surface area contributed by atoms with Crippen LogP contribution >= 0.6 is 11.3 Å². The summed E-state index contributed by atoms with van der Waals surface area (Å²) in [5.74, 6) is 0.0469. The van der Waals surface area contributed by atoms with Gasteiger partial charge in [-0.25, -0.2) is 9.78 Å². The second kappa shape index (κ2) is 8.80. The van der Waals surface area contributed by atoms with Gasteiger partial charge in [0.05, 0.1) is 12.2 Å². The summed E-state index contributed by atoms with van der Waals surface area (Å²) in [4.78, 5) is 27.8. The van der Waals surface area contributed by atoms with E-state index in [-0.39, 0.29) is 11.8 Å². The maximum Gasteiger partial charge on any atom is 0.315 e. The Morgan fingerprint density at radius 2 is 1.88 bits per heavy atom. The summed E-state index contributed by atoms with van der Waals surface area (Å²) in [6.45, 7) is 1.95. The number of ketones is 1. The first kappa shape index (κ1) is 18.4. The summed E-state index contributed by atoms with van der Waals surface area (Å²) in [5.41, 5.74) is 2.37. The second-order valence-corrected chi connectivity index (χ2v) is 7.42. The Kier molecular flexibility index (Phi) is 6.22. The van der Waals surface area contributed by atoms with Crippen LogP contribution < -0.4 is 16.0 Å². The van der Waals surface area contributed by atoms with Gasteiger partial charge in [-0.15, -0.1) is 11.3 Å². The molecule has 0 bridgehead atoms. The molecule has 1 saturated carbocycles. The van der Waals surface area contributed by atoms with Crippen molar-refractivity contribution in [3.05, 3.63) is 40.9 Å². The lowest BCUT2D eigenvalue weighted by atomic mass is 9.96. The first-order valence-corrected chi connectivity index (χ1v) is 9.85. The molecule has 2 amide bonds. The molecule has 0 unspecified atom stereocenters. The molecule has 0 atom stereocenters. The van der Waals surface area contributed by atoms with E-state index in [0.29, 0.717) is 18.2 Å². The minimum absolute atomic E-state index is 0.0469. The Morgan fingerprint density at radius 3 is 2.58 bits per heavy atom. The lowest BCUT2D eigenvalue weighted by molar-refractivity contribution is 0.101. The van der Waals surface area contributed by atoms with Crippen LogP contribution in [0.5, 0.6) is 0 Å². The maximum absolute atomic E-state index is 12.0. The van der Waals surface area contributed by atoms with Crippen molar-refractivity contribution in [2.75, 3.05) is 5.32 Å². The summed E-state index contributed by atoms with van der Waals surface area (Å²) in [6, 6.07) is 7.46. The number of nitrogens with zero attached hydrogens (tertiary/aromatic N) is 1. The number of hydrogen-bond acceptors (Lipinski definition) is 5. The second-order valence-electron chi connectivity index (χ2n) is 6.56. The maximum atomic E-state index is 12.0. The van der Waals surface area contributed by atoms with Crippen molar-refractivity contribution in [1.29, 1.82) is 0 Å². The molecule has 0 spiro atoms. The third kappa shape index (κ3) is 5.29. The fourth-order valence-corrected chi connectivity index (χ4v) is 3.74. The van der Waals surface area contributed by atoms with E-state index in [2.05, 4.69) is 20.9 Å². The predicted octanol–water partition coefficient (Wildman–Crippen LogP) is 4.22. The molecule has 0 aliphatic heterocycles. The molecule has 1 aliphatic rings. The van der Waals surface area contributed by atoms with Gasteiger partial charge in [-0.05, 0) is 44.0 Å². The van der Waals surface area contributed by atoms with E-state index in [4.69, 9.17) is 0 Å². The van der Waals surface area contributed by atoms with Crippen LogP contribution in [-0.2, 0) is 6.54 Å². The van der Waals surface area contributed by atoms with Crippen molar-refractivity contribution in [2.24, 2.45) is 0 Å². The number of benzene rings is 1. The summed E-state index contributed by atoms with van der Waals surface area (Å²) < 4.78 is 0. The summed E-state index contributed by atoms with van der Waals surface area (Å²) in [6.07, 6.45) is 5.80. The zero-order chi connectivity index (χ0) is 18.4. The Bertz CT molecular complexity index is 751. The van der Waals surface area contributed by atoms with Crippen molar-refractivity contribution in [1.82, 2.24) is 15.6 Å². The largest absolute Gasteiger partial charge is 0.335 e. The molecule has 138 valence electrons. The minimum atomic E-state index is -0.126. The number of amides is 2. The smallest absolute Gasteiger partial charge is 0.315 e. The molecule has 3 N–H and O–H groups in total. The lowest BCUT2D eigenvalue weighted by Gasteiger charge is -2.22. The molecule has 0 radical (unpaired) electrons. The number of hydrogen-bond donors (Lipinski definition) is 3. The number of aromatic nitrogens is 1. The fraction of sp³-hybridized carbons (Fsp3) is 0.421. The van der Waals surface area contributed by atoms with Gasteiger partial charge in [-0.3, -0.25) is 4.79 Å². The van der Waals surface area contributed by atoms with E-state index in [1.165, 1.54) is 30.6 Å². The molecule has 7 heteroatoms. The van der Waals surface area contributed by atoms with Gasteiger partial charge in [-0.1, -0.05) is 19.3 Å². The Morgan fingerprint density at radius 1 is 1.15 bits per heavy atom. The van der Waals surface area contributed by atoms with E-state index < -0.39 is 0 Å². The van der Waals surface area contributed by atoms with Crippen molar-refractivity contribution >= 4 is 34.0 Å². The van der Waals surface area contributed by atoms with Gasteiger partial charge in [0.2, 0.25) is 0 Å². The molecule has 1 heterocycles. The first-order chi connectivity index (χ1) is 12.6. The molecule has 1 aromatic heterocycles. The lowest BCUT2D eigenvalue weighted by Crippen LogP contribution is -2.42. The standard InChI is InChI=1S/C19H24N4O2S/c1-13(24)14-7-9-16(10-8-14)22-19-23-17(12-26-19)11-20-18(25)21-15-5-3-2-4-6-15/h7-10,12,15H,2-6,11H2,1H3,(H,22,23)(H2,20,21,25). The van der Waals surface area contributed by atoms with Gasteiger partial charge < -0.3 is 16.0 Å². The Hall–Kier alpha value is -2.41. The van der Waals surface area contributed by atoms with Crippen LogP contribution in [0.2, 0.25) is 0 Å². The van der Waals surface area contributed by atoms with E-state index in [1.807, 2.05) is 17.5 Å². The molecule has 2 aromatic rings. The normalized spacial score (nSPS) is 14.7.